The maximum atomic E-state index is 13.2. The molecule has 0 bridgehead atoms. The Balaban J connectivity index is 1.37. The predicted octanol–water partition coefficient (Wildman–Crippen LogP) is 2.29. The molecule has 6 heteroatoms. The van der Waals surface area contributed by atoms with Crippen LogP contribution in [0.5, 0.6) is 6.01 Å². The summed E-state index contributed by atoms with van der Waals surface area (Å²) in [7, 11) is 0. The molecule has 1 aromatic carbocycles. The van der Waals surface area contributed by atoms with Gasteiger partial charge in [0, 0.05) is 44.9 Å². The van der Waals surface area contributed by atoms with Crippen molar-refractivity contribution in [3.8, 4) is 6.01 Å². The van der Waals surface area contributed by atoms with Crippen LogP contribution in [0.1, 0.15) is 30.9 Å². The summed E-state index contributed by atoms with van der Waals surface area (Å²) in [4.78, 5) is 25.8. The summed E-state index contributed by atoms with van der Waals surface area (Å²) in [5.74, 6) is 0.251. The molecule has 27 heavy (non-hydrogen) atoms. The highest BCUT2D eigenvalue weighted by Crippen LogP contribution is 2.25. The molecular formula is C21H26N4O2. The van der Waals surface area contributed by atoms with E-state index in [1.165, 1.54) is 11.1 Å². The van der Waals surface area contributed by atoms with Crippen LogP contribution in [0.15, 0.2) is 42.7 Å². The first-order valence-electron chi connectivity index (χ1n) is 9.78. The maximum Gasteiger partial charge on any atom is 0.316 e. The summed E-state index contributed by atoms with van der Waals surface area (Å²) in [6.45, 7) is 5.33. The Hall–Kier alpha value is -2.47. The number of carbonyl (C=O) groups is 1. The number of hydrogen-bond acceptors (Lipinski definition) is 5. The van der Waals surface area contributed by atoms with Gasteiger partial charge >= 0.3 is 6.01 Å². The fourth-order valence-corrected chi connectivity index (χ4v) is 4.05. The minimum atomic E-state index is -0.0557. The summed E-state index contributed by atoms with van der Waals surface area (Å²) in [6.07, 6.45) is 5.88. The van der Waals surface area contributed by atoms with Gasteiger partial charge in [-0.1, -0.05) is 31.2 Å². The molecule has 0 spiro atoms. The lowest BCUT2D eigenvalue weighted by Crippen LogP contribution is -2.53. The van der Waals surface area contributed by atoms with Crippen LogP contribution < -0.4 is 4.74 Å². The largest absolute Gasteiger partial charge is 0.460 e. The number of hydrogen-bond donors (Lipinski definition) is 0. The number of piperidine rings is 1. The van der Waals surface area contributed by atoms with E-state index in [0.717, 1.165) is 45.4 Å². The Labute approximate surface area is 160 Å². The zero-order valence-corrected chi connectivity index (χ0v) is 15.8. The van der Waals surface area contributed by atoms with E-state index in [1.54, 1.807) is 18.5 Å². The Bertz CT molecular complexity index is 775. The molecule has 6 nitrogen and oxygen atoms in total. The molecule has 2 aliphatic rings. The molecule has 1 aromatic heterocycles. The Morgan fingerprint density at radius 3 is 2.52 bits per heavy atom. The molecule has 4 rings (SSSR count). The van der Waals surface area contributed by atoms with Gasteiger partial charge < -0.3 is 9.64 Å². The van der Waals surface area contributed by atoms with Crippen LogP contribution in [0.2, 0.25) is 0 Å². The summed E-state index contributed by atoms with van der Waals surface area (Å²) >= 11 is 0. The van der Waals surface area contributed by atoms with Gasteiger partial charge in [-0.15, -0.1) is 0 Å². The van der Waals surface area contributed by atoms with Crippen LogP contribution in [0.3, 0.4) is 0 Å². The summed E-state index contributed by atoms with van der Waals surface area (Å²) < 4.78 is 5.85. The van der Waals surface area contributed by atoms with Crippen LogP contribution in [0.25, 0.3) is 0 Å². The summed E-state index contributed by atoms with van der Waals surface area (Å²) in [6, 6.07) is 10.6. The van der Waals surface area contributed by atoms with E-state index in [-0.39, 0.29) is 18.1 Å². The average molecular weight is 366 g/mol. The van der Waals surface area contributed by atoms with Crippen molar-refractivity contribution in [3.63, 3.8) is 0 Å². The van der Waals surface area contributed by atoms with Crippen molar-refractivity contribution in [1.29, 1.82) is 0 Å². The van der Waals surface area contributed by atoms with Gasteiger partial charge in [0.05, 0.1) is 6.04 Å². The van der Waals surface area contributed by atoms with Crippen molar-refractivity contribution in [2.24, 2.45) is 0 Å². The standard InChI is InChI=1S/C21H26N4O2/c1-2-24-15-17-7-4-3-6-16(17)14-19(24)20(26)25-12-8-18(9-13-25)27-21-22-10-5-11-23-21/h3-7,10-11,18-19H,2,8-9,12-15H2,1H3. The number of ether oxygens (including phenoxy) is 1. The highest BCUT2D eigenvalue weighted by atomic mass is 16.5. The van der Waals surface area contributed by atoms with Crippen LogP contribution in [0, 0.1) is 0 Å². The summed E-state index contributed by atoms with van der Waals surface area (Å²) in [5.41, 5.74) is 2.65. The average Bonchev–Trinajstić information content (AvgIpc) is 2.73. The number of benzene rings is 1. The van der Waals surface area contributed by atoms with Crippen LogP contribution >= 0.6 is 0 Å². The minimum Gasteiger partial charge on any atom is -0.460 e. The number of amides is 1. The molecule has 2 aromatic rings. The highest BCUT2D eigenvalue weighted by molar-refractivity contribution is 5.82. The molecule has 3 heterocycles. The molecule has 1 amide bonds. The molecule has 0 saturated carbocycles. The van der Waals surface area contributed by atoms with Gasteiger partial charge in [0.1, 0.15) is 6.10 Å². The van der Waals surface area contributed by atoms with Crippen molar-refractivity contribution in [1.82, 2.24) is 19.8 Å². The van der Waals surface area contributed by atoms with E-state index >= 15 is 0 Å². The molecule has 1 saturated heterocycles. The fraction of sp³-hybridized carbons (Fsp3) is 0.476. The monoisotopic (exact) mass is 366 g/mol. The van der Waals surface area contributed by atoms with Crippen molar-refractivity contribution < 1.29 is 9.53 Å². The maximum absolute atomic E-state index is 13.2. The van der Waals surface area contributed by atoms with Gasteiger partial charge in [0.25, 0.3) is 0 Å². The third kappa shape index (κ3) is 3.95. The van der Waals surface area contributed by atoms with E-state index in [2.05, 4.69) is 46.1 Å². The second kappa shape index (κ2) is 8.05. The second-order valence-corrected chi connectivity index (χ2v) is 7.23. The van der Waals surface area contributed by atoms with Crippen LogP contribution in [-0.2, 0) is 17.8 Å². The van der Waals surface area contributed by atoms with Gasteiger partial charge in [-0.05, 0) is 30.2 Å². The molecule has 1 unspecified atom stereocenters. The number of likely N-dealkylation sites (N-methyl/N-ethyl adjacent to an activating group) is 1. The Kier molecular flexibility index (Phi) is 5.34. The predicted molar refractivity (Wildman–Crippen MR) is 102 cm³/mol. The van der Waals surface area contributed by atoms with Gasteiger partial charge in [0.2, 0.25) is 5.91 Å². The molecular weight excluding hydrogens is 340 g/mol. The number of carbonyl (C=O) groups excluding carboxylic acids is 1. The molecule has 142 valence electrons. The number of nitrogens with zero attached hydrogens (tertiary/aromatic N) is 4. The lowest BCUT2D eigenvalue weighted by Gasteiger charge is -2.40. The normalized spacial score (nSPS) is 20.9. The summed E-state index contributed by atoms with van der Waals surface area (Å²) in [5, 5.41) is 0. The third-order valence-electron chi connectivity index (χ3n) is 5.60. The van der Waals surface area contributed by atoms with Crippen LogP contribution in [0.4, 0.5) is 0 Å². The topological polar surface area (TPSA) is 58.6 Å². The van der Waals surface area contributed by atoms with E-state index in [1.807, 2.05) is 4.90 Å². The number of aromatic nitrogens is 2. The first kappa shape index (κ1) is 17.9. The van der Waals surface area contributed by atoms with Gasteiger partial charge in [-0.2, -0.15) is 0 Å². The Morgan fingerprint density at radius 1 is 1.11 bits per heavy atom. The first-order chi connectivity index (χ1) is 13.2. The van der Waals surface area contributed by atoms with E-state index in [9.17, 15) is 4.79 Å². The first-order valence-corrected chi connectivity index (χ1v) is 9.78. The van der Waals surface area contributed by atoms with Gasteiger partial charge in [-0.25, -0.2) is 9.97 Å². The highest BCUT2D eigenvalue weighted by Gasteiger charge is 2.35. The molecule has 0 radical (unpaired) electrons. The quantitative estimate of drug-likeness (QED) is 0.831. The van der Waals surface area contributed by atoms with Crippen LogP contribution in [-0.4, -0.2) is 57.5 Å². The number of fused-ring (bicyclic) bond motifs is 1. The molecule has 0 aliphatic carbocycles. The van der Waals surface area contributed by atoms with E-state index in [4.69, 9.17) is 4.74 Å². The lowest BCUT2D eigenvalue weighted by molar-refractivity contribution is -0.139. The van der Waals surface area contributed by atoms with Crippen molar-refractivity contribution in [3.05, 3.63) is 53.9 Å². The third-order valence-corrected chi connectivity index (χ3v) is 5.60. The van der Waals surface area contributed by atoms with E-state index < -0.39 is 0 Å². The zero-order valence-electron chi connectivity index (χ0n) is 15.8. The SMILES string of the molecule is CCN1Cc2ccccc2CC1C(=O)N1CCC(Oc2ncccn2)CC1. The molecule has 2 aliphatic heterocycles. The van der Waals surface area contributed by atoms with Crippen molar-refractivity contribution >= 4 is 5.91 Å². The fourth-order valence-electron chi connectivity index (χ4n) is 4.05. The molecule has 1 atom stereocenters. The van der Waals surface area contributed by atoms with Gasteiger partial charge in [-0.3, -0.25) is 9.69 Å². The van der Waals surface area contributed by atoms with Crippen molar-refractivity contribution in [2.45, 2.75) is 44.9 Å². The van der Waals surface area contributed by atoms with E-state index in [0.29, 0.717) is 6.01 Å². The number of rotatable bonds is 4. The minimum absolute atomic E-state index is 0.0557. The molecule has 0 N–H and O–H groups in total. The number of likely N-dealkylation sites (tertiary alicyclic amines) is 1. The smallest absolute Gasteiger partial charge is 0.316 e. The van der Waals surface area contributed by atoms with Gasteiger partial charge in [0.15, 0.2) is 0 Å². The molecule has 1 fully saturated rings. The zero-order chi connectivity index (χ0) is 18.6. The Morgan fingerprint density at radius 2 is 1.81 bits per heavy atom. The van der Waals surface area contributed by atoms with Crippen molar-refractivity contribution in [2.75, 3.05) is 19.6 Å². The lowest BCUT2D eigenvalue weighted by atomic mass is 9.92. The second-order valence-electron chi connectivity index (χ2n) is 7.23.